The van der Waals surface area contributed by atoms with Crippen LogP contribution in [0.5, 0.6) is 0 Å². The Morgan fingerprint density at radius 2 is 0.481 bits per heavy atom. The molecule has 1 atom stereocenters. The summed E-state index contributed by atoms with van der Waals surface area (Å²) in [7, 11) is 0. The summed E-state index contributed by atoms with van der Waals surface area (Å²) in [6, 6.07) is 0. The molecule has 0 aliphatic heterocycles. The summed E-state index contributed by atoms with van der Waals surface area (Å²) in [4.78, 5) is 38.3. The normalized spacial score (nSPS) is 12.5. The molecular weight excluding hydrogens is 997 g/mol. The van der Waals surface area contributed by atoms with Crippen molar-refractivity contribution in [3.63, 3.8) is 0 Å². The van der Waals surface area contributed by atoms with Crippen molar-refractivity contribution in [1.29, 1.82) is 0 Å². The third kappa shape index (κ3) is 67.5. The zero-order valence-electron chi connectivity index (χ0n) is 54.1. The highest BCUT2D eigenvalue weighted by atomic mass is 16.6. The van der Waals surface area contributed by atoms with Gasteiger partial charge < -0.3 is 14.2 Å². The fraction of sp³-hybridized carbons (Fsp3) is 0.800. The SMILES string of the molecule is CC/C=C\C/C=C\C/C=C\C/C=C\C/C=C\CCCCCCCCCCCCCCCCCCCCCC(=O)OCC(COC(=O)CCCCCCCCCCCCC)OC(=O)CCCCCCCCC/C=C\CCCCCCCC. The molecule has 0 rings (SSSR count). The number of allylic oxidation sites excluding steroid dienone is 12. The lowest BCUT2D eigenvalue weighted by Gasteiger charge is -2.18. The van der Waals surface area contributed by atoms with E-state index in [9.17, 15) is 14.4 Å². The van der Waals surface area contributed by atoms with Crippen LogP contribution in [0.3, 0.4) is 0 Å². The molecule has 470 valence electrons. The van der Waals surface area contributed by atoms with Gasteiger partial charge in [-0.15, -0.1) is 0 Å². The van der Waals surface area contributed by atoms with Crippen LogP contribution in [0.1, 0.15) is 367 Å². The van der Waals surface area contributed by atoms with Crippen molar-refractivity contribution < 1.29 is 28.6 Å². The molecule has 6 nitrogen and oxygen atoms in total. The molecule has 6 heteroatoms. The second-order valence-electron chi connectivity index (χ2n) is 23.8. The average Bonchev–Trinajstić information content (AvgIpc) is 3.47. The first-order valence-corrected chi connectivity index (χ1v) is 35.4. The van der Waals surface area contributed by atoms with Gasteiger partial charge in [0.05, 0.1) is 0 Å². The van der Waals surface area contributed by atoms with Gasteiger partial charge in [0, 0.05) is 19.3 Å². The summed E-state index contributed by atoms with van der Waals surface area (Å²) in [5.74, 6) is -0.853. The van der Waals surface area contributed by atoms with E-state index in [0.29, 0.717) is 19.3 Å². The zero-order valence-corrected chi connectivity index (χ0v) is 54.1. The molecular formula is C75H134O6. The highest BCUT2D eigenvalue weighted by Crippen LogP contribution is 2.18. The molecule has 0 saturated carbocycles. The van der Waals surface area contributed by atoms with Gasteiger partial charge in [0.1, 0.15) is 13.2 Å². The minimum atomic E-state index is -0.773. The predicted octanol–water partition coefficient (Wildman–Crippen LogP) is 24.4. The third-order valence-corrected chi connectivity index (χ3v) is 15.7. The molecule has 0 heterocycles. The van der Waals surface area contributed by atoms with Crippen LogP contribution in [0.4, 0.5) is 0 Å². The number of ether oxygens (including phenoxy) is 3. The Bertz CT molecular complexity index is 1490. The molecule has 0 aromatic rings. The monoisotopic (exact) mass is 1130 g/mol. The summed E-state index contributed by atoms with van der Waals surface area (Å²) in [5, 5.41) is 0. The number of carbonyl (C=O) groups is 3. The molecule has 0 amide bonds. The van der Waals surface area contributed by atoms with E-state index >= 15 is 0 Å². The van der Waals surface area contributed by atoms with Crippen molar-refractivity contribution in [3.05, 3.63) is 72.9 Å². The van der Waals surface area contributed by atoms with E-state index in [1.165, 1.54) is 238 Å². The van der Waals surface area contributed by atoms with Gasteiger partial charge >= 0.3 is 17.9 Å². The first kappa shape index (κ1) is 77.9. The quantitative estimate of drug-likeness (QED) is 0.0261. The summed E-state index contributed by atoms with van der Waals surface area (Å²) in [6.45, 7) is 6.56. The van der Waals surface area contributed by atoms with Crippen molar-refractivity contribution in [2.75, 3.05) is 13.2 Å². The van der Waals surface area contributed by atoms with Crippen molar-refractivity contribution in [3.8, 4) is 0 Å². The van der Waals surface area contributed by atoms with Gasteiger partial charge in [0.15, 0.2) is 6.10 Å². The maximum atomic E-state index is 12.9. The molecule has 0 saturated heterocycles. The van der Waals surface area contributed by atoms with Crippen LogP contribution in [-0.2, 0) is 28.6 Å². The Morgan fingerprint density at radius 1 is 0.259 bits per heavy atom. The van der Waals surface area contributed by atoms with Gasteiger partial charge in [0.2, 0.25) is 0 Å². The Balaban J connectivity index is 4.08. The lowest BCUT2D eigenvalue weighted by Crippen LogP contribution is -2.30. The van der Waals surface area contributed by atoms with E-state index in [1.807, 2.05) is 0 Å². The highest BCUT2D eigenvalue weighted by Gasteiger charge is 2.19. The van der Waals surface area contributed by atoms with Crippen LogP contribution in [-0.4, -0.2) is 37.2 Å². The van der Waals surface area contributed by atoms with Gasteiger partial charge in [-0.25, -0.2) is 0 Å². The molecule has 0 aromatic heterocycles. The second-order valence-corrected chi connectivity index (χ2v) is 23.8. The second kappa shape index (κ2) is 69.3. The number of unbranched alkanes of at least 4 members (excludes halogenated alkanes) is 42. The Morgan fingerprint density at radius 3 is 0.765 bits per heavy atom. The van der Waals surface area contributed by atoms with Gasteiger partial charge in [-0.2, -0.15) is 0 Å². The Hall–Kier alpha value is -3.15. The zero-order chi connectivity index (χ0) is 58.5. The van der Waals surface area contributed by atoms with Crippen LogP contribution >= 0.6 is 0 Å². The largest absolute Gasteiger partial charge is 0.462 e. The van der Waals surface area contributed by atoms with Crippen LogP contribution in [0, 0.1) is 0 Å². The minimum Gasteiger partial charge on any atom is -0.462 e. The fourth-order valence-electron chi connectivity index (χ4n) is 10.4. The summed E-state index contributed by atoms with van der Waals surface area (Å²) < 4.78 is 16.9. The molecule has 0 spiro atoms. The van der Waals surface area contributed by atoms with Crippen molar-refractivity contribution in [2.24, 2.45) is 0 Å². The molecule has 0 aliphatic carbocycles. The van der Waals surface area contributed by atoms with E-state index < -0.39 is 6.10 Å². The van der Waals surface area contributed by atoms with Crippen LogP contribution in [0.2, 0.25) is 0 Å². The van der Waals surface area contributed by atoms with Crippen molar-refractivity contribution in [1.82, 2.24) is 0 Å². The van der Waals surface area contributed by atoms with E-state index in [-0.39, 0.29) is 31.1 Å². The first-order chi connectivity index (χ1) is 40.0. The Kier molecular flexibility index (Phi) is 66.6. The Labute approximate surface area is 503 Å². The molecule has 0 aliphatic rings. The molecule has 0 bridgehead atoms. The molecule has 0 radical (unpaired) electrons. The van der Waals surface area contributed by atoms with Crippen LogP contribution in [0.25, 0.3) is 0 Å². The minimum absolute atomic E-state index is 0.0703. The fourth-order valence-corrected chi connectivity index (χ4v) is 10.4. The average molecular weight is 1130 g/mol. The van der Waals surface area contributed by atoms with Gasteiger partial charge in [-0.1, -0.05) is 331 Å². The van der Waals surface area contributed by atoms with Gasteiger partial charge in [-0.05, 0) is 89.9 Å². The predicted molar refractivity (Wildman–Crippen MR) is 353 cm³/mol. The van der Waals surface area contributed by atoms with E-state index in [0.717, 1.165) is 89.9 Å². The number of esters is 3. The molecule has 1 unspecified atom stereocenters. The molecule has 81 heavy (non-hydrogen) atoms. The summed E-state index contributed by atoms with van der Waals surface area (Å²) in [6.07, 6.45) is 90.9. The summed E-state index contributed by atoms with van der Waals surface area (Å²) in [5.41, 5.74) is 0. The van der Waals surface area contributed by atoms with Crippen LogP contribution < -0.4 is 0 Å². The smallest absolute Gasteiger partial charge is 0.306 e. The van der Waals surface area contributed by atoms with Crippen molar-refractivity contribution >= 4 is 17.9 Å². The molecule has 0 aromatic carbocycles. The third-order valence-electron chi connectivity index (χ3n) is 15.7. The maximum absolute atomic E-state index is 12.9. The molecule has 0 fully saturated rings. The van der Waals surface area contributed by atoms with Crippen LogP contribution in [0.15, 0.2) is 72.9 Å². The highest BCUT2D eigenvalue weighted by molar-refractivity contribution is 5.71. The topological polar surface area (TPSA) is 78.9 Å². The standard InChI is InChI=1S/C75H134O6/c1-4-7-10-13-16-19-22-24-26-28-29-30-31-32-33-34-35-36-37-38-39-40-41-42-43-44-45-47-48-50-53-56-59-62-65-68-74(77)80-71-72(70-79-73(76)67-64-61-58-55-52-21-18-15-12-9-6-3)81-75(78)69-66-63-60-57-54-51-49-46-27-25-23-20-17-14-11-8-5-2/h7,10,16,19,24-27,29-30,32-33,72H,4-6,8-9,11-15,17-18,20-23,28,31,34-71H2,1-3H3/b10-7-,19-16-,26-24-,27-25-,30-29-,33-32-. The van der Waals surface area contributed by atoms with Crippen molar-refractivity contribution in [2.45, 2.75) is 374 Å². The van der Waals surface area contributed by atoms with E-state index in [4.69, 9.17) is 14.2 Å². The van der Waals surface area contributed by atoms with Gasteiger partial charge in [0.25, 0.3) is 0 Å². The number of hydrogen-bond donors (Lipinski definition) is 0. The number of rotatable bonds is 65. The lowest BCUT2D eigenvalue weighted by molar-refractivity contribution is -0.167. The molecule has 0 N–H and O–H groups in total. The lowest BCUT2D eigenvalue weighted by atomic mass is 10.0. The maximum Gasteiger partial charge on any atom is 0.306 e. The van der Waals surface area contributed by atoms with E-state index in [1.54, 1.807) is 0 Å². The van der Waals surface area contributed by atoms with Gasteiger partial charge in [-0.3, -0.25) is 14.4 Å². The number of carbonyl (C=O) groups excluding carboxylic acids is 3. The summed E-state index contributed by atoms with van der Waals surface area (Å²) >= 11 is 0. The number of hydrogen-bond acceptors (Lipinski definition) is 6. The first-order valence-electron chi connectivity index (χ1n) is 35.4. The van der Waals surface area contributed by atoms with E-state index in [2.05, 4.69) is 93.7 Å².